The van der Waals surface area contributed by atoms with Crippen molar-refractivity contribution in [3.63, 3.8) is 0 Å². The van der Waals surface area contributed by atoms with Crippen molar-refractivity contribution in [2.75, 3.05) is 19.7 Å². The summed E-state index contributed by atoms with van der Waals surface area (Å²) in [6.07, 6.45) is 5.92. The summed E-state index contributed by atoms with van der Waals surface area (Å²) in [6.45, 7) is 3.08. The standard InChI is InChI=1S/C15H28N2O3/c1-11-8-17(9-14(10-18)20-11)15(19)6-5-12-3-2-4-13(16)7-12/h11-14,18H,2-10,16H2,1H3. The highest BCUT2D eigenvalue weighted by Crippen LogP contribution is 2.27. The molecule has 0 aromatic carbocycles. The summed E-state index contributed by atoms with van der Waals surface area (Å²) in [5.41, 5.74) is 5.99. The Bertz CT molecular complexity index is 324. The summed E-state index contributed by atoms with van der Waals surface area (Å²) >= 11 is 0. The van der Waals surface area contributed by atoms with Gasteiger partial charge >= 0.3 is 0 Å². The predicted molar refractivity (Wildman–Crippen MR) is 77.2 cm³/mol. The Hall–Kier alpha value is -0.650. The number of hydrogen-bond acceptors (Lipinski definition) is 4. The van der Waals surface area contributed by atoms with Crippen molar-refractivity contribution < 1.29 is 14.6 Å². The first-order valence-corrected chi connectivity index (χ1v) is 7.88. The highest BCUT2D eigenvalue weighted by atomic mass is 16.5. The molecule has 5 heteroatoms. The van der Waals surface area contributed by atoms with E-state index in [-0.39, 0.29) is 24.7 Å². The Morgan fingerprint density at radius 2 is 2.20 bits per heavy atom. The highest BCUT2D eigenvalue weighted by molar-refractivity contribution is 5.76. The van der Waals surface area contributed by atoms with E-state index in [1.165, 1.54) is 12.8 Å². The number of carbonyl (C=O) groups is 1. The van der Waals surface area contributed by atoms with Crippen LogP contribution < -0.4 is 5.73 Å². The van der Waals surface area contributed by atoms with Crippen LogP contribution in [0.1, 0.15) is 45.4 Å². The van der Waals surface area contributed by atoms with E-state index >= 15 is 0 Å². The fraction of sp³-hybridized carbons (Fsp3) is 0.933. The lowest BCUT2D eigenvalue weighted by Gasteiger charge is -2.36. The molecule has 4 atom stereocenters. The number of rotatable bonds is 4. The van der Waals surface area contributed by atoms with Crippen LogP contribution in [-0.4, -0.2) is 53.9 Å². The molecule has 1 saturated heterocycles. The van der Waals surface area contributed by atoms with Crippen LogP contribution in [0.3, 0.4) is 0 Å². The van der Waals surface area contributed by atoms with Crippen molar-refractivity contribution in [2.45, 2.75) is 63.7 Å². The van der Waals surface area contributed by atoms with Crippen molar-refractivity contribution in [1.82, 2.24) is 4.90 Å². The smallest absolute Gasteiger partial charge is 0.222 e. The molecule has 0 aromatic heterocycles. The molecule has 2 aliphatic rings. The lowest BCUT2D eigenvalue weighted by atomic mass is 9.83. The fourth-order valence-electron chi connectivity index (χ4n) is 3.43. The summed E-state index contributed by atoms with van der Waals surface area (Å²) in [5.74, 6) is 0.799. The number of carbonyl (C=O) groups excluding carboxylic acids is 1. The van der Waals surface area contributed by atoms with Crippen LogP contribution in [0.4, 0.5) is 0 Å². The zero-order chi connectivity index (χ0) is 14.5. The maximum atomic E-state index is 12.3. The van der Waals surface area contributed by atoms with Gasteiger partial charge in [-0.05, 0) is 32.1 Å². The number of amides is 1. The van der Waals surface area contributed by atoms with E-state index in [1.807, 2.05) is 11.8 Å². The van der Waals surface area contributed by atoms with Crippen molar-refractivity contribution in [3.8, 4) is 0 Å². The molecular weight excluding hydrogens is 256 g/mol. The molecular formula is C15H28N2O3. The molecule has 1 amide bonds. The van der Waals surface area contributed by atoms with Crippen LogP contribution in [0.5, 0.6) is 0 Å². The van der Waals surface area contributed by atoms with Gasteiger partial charge in [-0.1, -0.05) is 12.8 Å². The van der Waals surface area contributed by atoms with Crippen molar-refractivity contribution in [1.29, 1.82) is 0 Å². The summed E-state index contributed by atoms with van der Waals surface area (Å²) in [5, 5.41) is 9.19. The molecule has 20 heavy (non-hydrogen) atoms. The molecule has 3 N–H and O–H groups in total. The normalized spacial score (nSPS) is 35.0. The Morgan fingerprint density at radius 3 is 2.90 bits per heavy atom. The van der Waals surface area contributed by atoms with Crippen LogP contribution in [0.15, 0.2) is 0 Å². The maximum Gasteiger partial charge on any atom is 0.222 e. The van der Waals surface area contributed by atoms with Crippen molar-refractivity contribution in [3.05, 3.63) is 0 Å². The number of morpholine rings is 1. The van der Waals surface area contributed by atoms with Crippen molar-refractivity contribution in [2.24, 2.45) is 11.7 Å². The molecule has 0 spiro atoms. The minimum Gasteiger partial charge on any atom is -0.394 e. The third-order valence-electron chi connectivity index (χ3n) is 4.47. The van der Waals surface area contributed by atoms with Gasteiger partial charge in [0, 0.05) is 25.6 Å². The first-order chi connectivity index (χ1) is 9.58. The molecule has 2 rings (SSSR count). The third kappa shape index (κ3) is 4.43. The van der Waals surface area contributed by atoms with Crippen LogP contribution in [-0.2, 0) is 9.53 Å². The number of aliphatic hydroxyl groups excluding tert-OH is 1. The molecule has 1 saturated carbocycles. The molecule has 5 nitrogen and oxygen atoms in total. The molecule has 1 aliphatic carbocycles. The van der Waals surface area contributed by atoms with E-state index in [1.54, 1.807) is 0 Å². The number of nitrogens with zero attached hydrogens (tertiary/aromatic N) is 1. The van der Waals surface area contributed by atoms with E-state index in [9.17, 15) is 9.90 Å². The molecule has 0 radical (unpaired) electrons. The molecule has 116 valence electrons. The number of nitrogens with two attached hydrogens (primary N) is 1. The number of ether oxygens (including phenoxy) is 1. The molecule has 0 aromatic rings. The zero-order valence-electron chi connectivity index (χ0n) is 12.5. The Balaban J connectivity index is 1.76. The van der Waals surface area contributed by atoms with E-state index in [0.717, 1.165) is 19.3 Å². The van der Waals surface area contributed by atoms with Gasteiger partial charge in [0.1, 0.15) is 0 Å². The first kappa shape index (κ1) is 15.7. The average molecular weight is 284 g/mol. The zero-order valence-corrected chi connectivity index (χ0v) is 12.5. The second-order valence-electron chi connectivity index (χ2n) is 6.38. The molecule has 1 heterocycles. The van der Waals surface area contributed by atoms with Gasteiger partial charge in [-0.15, -0.1) is 0 Å². The molecule has 0 bridgehead atoms. The highest BCUT2D eigenvalue weighted by Gasteiger charge is 2.28. The van der Waals surface area contributed by atoms with E-state index < -0.39 is 0 Å². The van der Waals surface area contributed by atoms with Crippen LogP contribution in [0.25, 0.3) is 0 Å². The van der Waals surface area contributed by atoms with Crippen LogP contribution >= 0.6 is 0 Å². The van der Waals surface area contributed by atoms with E-state index in [0.29, 0.717) is 31.5 Å². The Kier molecular flexibility index (Phi) is 5.81. The van der Waals surface area contributed by atoms with Gasteiger partial charge in [-0.25, -0.2) is 0 Å². The minimum atomic E-state index is -0.231. The van der Waals surface area contributed by atoms with E-state index in [4.69, 9.17) is 10.5 Å². The Labute approximate surface area is 121 Å². The van der Waals surface area contributed by atoms with Gasteiger partial charge < -0.3 is 20.5 Å². The van der Waals surface area contributed by atoms with Crippen LogP contribution in [0.2, 0.25) is 0 Å². The maximum absolute atomic E-state index is 12.3. The molecule has 2 fully saturated rings. The summed E-state index contributed by atoms with van der Waals surface area (Å²) < 4.78 is 5.56. The second-order valence-corrected chi connectivity index (χ2v) is 6.38. The van der Waals surface area contributed by atoms with Gasteiger partial charge in [-0.2, -0.15) is 0 Å². The largest absolute Gasteiger partial charge is 0.394 e. The summed E-state index contributed by atoms with van der Waals surface area (Å²) in [7, 11) is 0. The van der Waals surface area contributed by atoms with Gasteiger partial charge in [0.25, 0.3) is 0 Å². The topological polar surface area (TPSA) is 75.8 Å². The van der Waals surface area contributed by atoms with E-state index in [2.05, 4.69) is 0 Å². The summed E-state index contributed by atoms with van der Waals surface area (Å²) in [4.78, 5) is 14.1. The van der Waals surface area contributed by atoms with Gasteiger partial charge in [0.15, 0.2) is 0 Å². The quantitative estimate of drug-likeness (QED) is 0.804. The lowest BCUT2D eigenvalue weighted by Crippen LogP contribution is -2.50. The lowest BCUT2D eigenvalue weighted by molar-refractivity contribution is -0.147. The predicted octanol–water partition coefficient (Wildman–Crippen LogP) is 0.892. The minimum absolute atomic E-state index is 0.00736. The monoisotopic (exact) mass is 284 g/mol. The van der Waals surface area contributed by atoms with Gasteiger partial charge in [-0.3, -0.25) is 4.79 Å². The molecule has 1 aliphatic heterocycles. The fourth-order valence-corrected chi connectivity index (χ4v) is 3.43. The summed E-state index contributed by atoms with van der Waals surface area (Å²) in [6, 6.07) is 0.325. The first-order valence-electron chi connectivity index (χ1n) is 7.88. The average Bonchev–Trinajstić information content (AvgIpc) is 2.44. The van der Waals surface area contributed by atoms with Gasteiger partial charge in [0.05, 0.1) is 18.8 Å². The Morgan fingerprint density at radius 1 is 1.40 bits per heavy atom. The SMILES string of the molecule is CC1CN(C(=O)CCC2CCCC(N)C2)CC(CO)O1. The van der Waals surface area contributed by atoms with Crippen molar-refractivity contribution >= 4 is 5.91 Å². The molecule has 4 unspecified atom stereocenters. The van der Waals surface area contributed by atoms with Gasteiger partial charge in [0.2, 0.25) is 5.91 Å². The van der Waals surface area contributed by atoms with Crippen LogP contribution in [0, 0.1) is 5.92 Å². The second kappa shape index (κ2) is 7.38. The number of aliphatic hydroxyl groups is 1. The third-order valence-corrected chi connectivity index (χ3v) is 4.47. The number of hydrogen-bond donors (Lipinski definition) is 2.